The Labute approximate surface area is 106 Å². The van der Waals surface area contributed by atoms with Gasteiger partial charge in [-0.15, -0.1) is 0 Å². The molecule has 3 fully saturated rings. The zero-order chi connectivity index (χ0) is 11.7. The van der Waals surface area contributed by atoms with E-state index in [0.717, 1.165) is 24.5 Å². The van der Waals surface area contributed by atoms with Gasteiger partial charge in [-0.1, -0.05) is 6.92 Å². The van der Waals surface area contributed by atoms with Gasteiger partial charge < -0.3 is 5.32 Å². The van der Waals surface area contributed by atoms with E-state index < -0.39 is 0 Å². The standard InChI is InChI=1S/C14H27N3/c1-2-15-10-12-5-6-14(12)17-9-8-16-7-3-4-13(16)11-17/h12-15H,2-11H2,1H3. The summed E-state index contributed by atoms with van der Waals surface area (Å²) in [6, 6.07) is 1.79. The van der Waals surface area contributed by atoms with Gasteiger partial charge in [0, 0.05) is 31.7 Å². The van der Waals surface area contributed by atoms with Gasteiger partial charge in [-0.05, 0) is 51.2 Å². The van der Waals surface area contributed by atoms with Gasteiger partial charge in [0.2, 0.25) is 0 Å². The second kappa shape index (κ2) is 5.25. The number of nitrogens with one attached hydrogen (secondary N) is 1. The van der Waals surface area contributed by atoms with Crippen LogP contribution in [0.15, 0.2) is 0 Å². The molecule has 1 saturated carbocycles. The van der Waals surface area contributed by atoms with Gasteiger partial charge in [0.25, 0.3) is 0 Å². The summed E-state index contributed by atoms with van der Waals surface area (Å²) in [4.78, 5) is 5.52. The van der Waals surface area contributed by atoms with Gasteiger partial charge in [0.05, 0.1) is 0 Å². The van der Waals surface area contributed by atoms with Crippen LogP contribution in [0.3, 0.4) is 0 Å². The van der Waals surface area contributed by atoms with Crippen molar-refractivity contribution in [1.29, 1.82) is 0 Å². The molecule has 0 spiro atoms. The van der Waals surface area contributed by atoms with Crippen LogP contribution in [0, 0.1) is 5.92 Å². The van der Waals surface area contributed by atoms with Crippen molar-refractivity contribution in [2.45, 2.75) is 44.7 Å². The molecular formula is C14H27N3. The van der Waals surface area contributed by atoms with Gasteiger partial charge in [-0.3, -0.25) is 9.80 Å². The third-order valence-corrected chi connectivity index (χ3v) is 5.12. The maximum atomic E-state index is 3.53. The summed E-state index contributed by atoms with van der Waals surface area (Å²) in [5.41, 5.74) is 0. The highest BCUT2D eigenvalue weighted by molar-refractivity contribution is 4.95. The highest BCUT2D eigenvalue weighted by atomic mass is 15.3. The predicted octanol–water partition coefficient (Wildman–Crippen LogP) is 1.15. The second-order valence-corrected chi connectivity index (χ2v) is 6.04. The monoisotopic (exact) mass is 237 g/mol. The lowest BCUT2D eigenvalue weighted by Gasteiger charge is -2.49. The quantitative estimate of drug-likeness (QED) is 0.791. The van der Waals surface area contributed by atoms with Crippen molar-refractivity contribution in [2.75, 3.05) is 39.3 Å². The first-order valence-corrected chi connectivity index (χ1v) is 7.57. The van der Waals surface area contributed by atoms with Gasteiger partial charge in [0.1, 0.15) is 0 Å². The summed E-state index contributed by atoms with van der Waals surface area (Å²) >= 11 is 0. The Hall–Kier alpha value is -0.120. The minimum atomic E-state index is 0.893. The van der Waals surface area contributed by atoms with Crippen LogP contribution in [0.25, 0.3) is 0 Å². The lowest BCUT2D eigenvalue weighted by atomic mass is 9.78. The van der Waals surface area contributed by atoms with Crippen molar-refractivity contribution in [3.63, 3.8) is 0 Å². The van der Waals surface area contributed by atoms with Gasteiger partial charge in [0.15, 0.2) is 0 Å². The molecule has 2 heterocycles. The Morgan fingerprint density at radius 3 is 2.71 bits per heavy atom. The summed E-state index contributed by atoms with van der Waals surface area (Å²) in [6.45, 7) is 9.95. The van der Waals surface area contributed by atoms with Crippen LogP contribution in [-0.4, -0.2) is 61.2 Å². The van der Waals surface area contributed by atoms with Crippen molar-refractivity contribution in [2.24, 2.45) is 5.92 Å². The van der Waals surface area contributed by atoms with Crippen LogP contribution in [0.2, 0.25) is 0 Å². The van der Waals surface area contributed by atoms with Crippen LogP contribution < -0.4 is 5.32 Å². The van der Waals surface area contributed by atoms with Crippen LogP contribution in [0.4, 0.5) is 0 Å². The molecule has 3 heteroatoms. The Morgan fingerprint density at radius 2 is 1.94 bits per heavy atom. The molecular weight excluding hydrogens is 210 g/mol. The molecule has 3 rings (SSSR count). The zero-order valence-electron chi connectivity index (χ0n) is 11.2. The minimum Gasteiger partial charge on any atom is -0.317 e. The molecule has 1 N–H and O–H groups in total. The number of piperazine rings is 1. The molecule has 2 saturated heterocycles. The highest BCUT2D eigenvalue weighted by Gasteiger charge is 2.39. The first-order valence-electron chi connectivity index (χ1n) is 7.57. The van der Waals surface area contributed by atoms with E-state index in [0.29, 0.717) is 0 Å². The van der Waals surface area contributed by atoms with Crippen LogP contribution in [-0.2, 0) is 0 Å². The lowest BCUT2D eigenvalue weighted by Crippen LogP contribution is -2.58. The predicted molar refractivity (Wildman–Crippen MR) is 71.2 cm³/mol. The van der Waals surface area contributed by atoms with Gasteiger partial charge in [-0.2, -0.15) is 0 Å². The zero-order valence-corrected chi connectivity index (χ0v) is 11.2. The maximum Gasteiger partial charge on any atom is 0.0224 e. The van der Waals surface area contributed by atoms with Crippen molar-refractivity contribution in [3.05, 3.63) is 0 Å². The van der Waals surface area contributed by atoms with E-state index in [9.17, 15) is 0 Å². The molecule has 3 aliphatic rings. The smallest absolute Gasteiger partial charge is 0.0224 e. The molecule has 0 bridgehead atoms. The number of nitrogens with zero attached hydrogens (tertiary/aromatic N) is 2. The second-order valence-electron chi connectivity index (χ2n) is 6.04. The Balaban J connectivity index is 1.51. The summed E-state index contributed by atoms with van der Waals surface area (Å²) in [6.07, 6.45) is 5.77. The first kappa shape index (κ1) is 11.9. The van der Waals surface area contributed by atoms with Crippen LogP contribution >= 0.6 is 0 Å². The van der Waals surface area contributed by atoms with Crippen molar-refractivity contribution in [1.82, 2.24) is 15.1 Å². The molecule has 0 aromatic heterocycles. The summed E-state index contributed by atoms with van der Waals surface area (Å²) in [7, 11) is 0. The molecule has 3 unspecified atom stereocenters. The fraction of sp³-hybridized carbons (Fsp3) is 1.00. The number of rotatable bonds is 4. The van der Waals surface area contributed by atoms with Crippen molar-refractivity contribution < 1.29 is 0 Å². The Kier molecular flexibility index (Phi) is 3.69. The van der Waals surface area contributed by atoms with Gasteiger partial charge >= 0.3 is 0 Å². The molecule has 0 aromatic carbocycles. The Bertz CT molecular complexity index is 256. The summed E-state index contributed by atoms with van der Waals surface area (Å²) in [5.74, 6) is 0.933. The lowest BCUT2D eigenvalue weighted by molar-refractivity contribution is 0.00665. The molecule has 98 valence electrons. The normalized spacial score (nSPS) is 39.0. The maximum absolute atomic E-state index is 3.53. The molecule has 1 aliphatic carbocycles. The molecule has 0 aromatic rings. The highest BCUT2D eigenvalue weighted by Crippen LogP contribution is 2.34. The van der Waals surface area contributed by atoms with E-state index in [1.807, 2.05) is 0 Å². The van der Waals surface area contributed by atoms with Gasteiger partial charge in [-0.25, -0.2) is 0 Å². The number of hydrogen-bond donors (Lipinski definition) is 1. The van der Waals surface area contributed by atoms with Crippen molar-refractivity contribution >= 4 is 0 Å². The van der Waals surface area contributed by atoms with Crippen LogP contribution in [0.1, 0.15) is 32.6 Å². The topological polar surface area (TPSA) is 18.5 Å². The largest absolute Gasteiger partial charge is 0.317 e. The molecule has 3 nitrogen and oxygen atoms in total. The Morgan fingerprint density at radius 1 is 1.06 bits per heavy atom. The fourth-order valence-electron chi connectivity index (χ4n) is 3.92. The van der Waals surface area contributed by atoms with Crippen molar-refractivity contribution in [3.8, 4) is 0 Å². The minimum absolute atomic E-state index is 0.893. The van der Waals surface area contributed by atoms with E-state index in [1.165, 1.54) is 58.4 Å². The van der Waals surface area contributed by atoms with E-state index >= 15 is 0 Å². The molecule has 0 radical (unpaired) electrons. The van der Waals surface area contributed by atoms with E-state index in [1.54, 1.807) is 0 Å². The first-order chi connectivity index (χ1) is 8.38. The van der Waals surface area contributed by atoms with E-state index in [-0.39, 0.29) is 0 Å². The molecule has 0 amide bonds. The third-order valence-electron chi connectivity index (χ3n) is 5.12. The fourth-order valence-corrected chi connectivity index (χ4v) is 3.92. The van der Waals surface area contributed by atoms with Crippen LogP contribution in [0.5, 0.6) is 0 Å². The third kappa shape index (κ3) is 2.38. The molecule has 3 atom stereocenters. The number of fused-ring (bicyclic) bond motifs is 1. The SMILES string of the molecule is CCNCC1CCC1N1CCN2CCCC2C1. The molecule has 17 heavy (non-hydrogen) atoms. The van der Waals surface area contributed by atoms with E-state index in [4.69, 9.17) is 0 Å². The number of hydrogen-bond acceptors (Lipinski definition) is 3. The van der Waals surface area contributed by atoms with E-state index in [2.05, 4.69) is 22.0 Å². The summed E-state index contributed by atoms with van der Waals surface area (Å²) < 4.78 is 0. The summed E-state index contributed by atoms with van der Waals surface area (Å²) in [5, 5.41) is 3.53. The molecule has 2 aliphatic heterocycles. The average Bonchev–Trinajstić information content (AvgIpc) is 2.75. The average molecular weight is 237 g/mol.